The van der Waals surface area contributed by atoms with E-state index in [1.807, 2.05) is 24.3 Å². The number of aliphatic hydroxyl groups is 1. The smallest absolute Gasteiger partial charge is 0.313 e. The number of ether oxygens (including phenoxy) is 1. The molecular weight excluding hydrogens is 421 g/mol. The number of hydrogen-bond acceptors (Lipinski definition) is 5. The van der Waals surface area contributed by atoms with Crippen LogP contribution in [-0.2, 0) is 14.3 Å². The summed E-state index contributed by atoms with van der Waals surface area (Å²) in [4.78, 5) is 28.5. The molecule has 0 saturated heterocycles. The van der Waals surface area contributed by atoms with Crippen molar-refractivity contribution >= 4 is 28.7 Å². The number of nitrogens with zero attached hydrogens (tertiary/aromatic N) is 1. The van der Waals surface area contributed by atoms with Crippen molar-refractivity contribution in [1.82, 2.24) is 4.98 Å². The number of carbonyl (C=O) groups excluding carboxylic acids is 2. The van der Waals surface area contributed by atoms with Crippen LogP contribution in [0.3, 0.4) is 0 Å². The van der Waals surface area contributed by atoms with Crippen LogP contribution in [-0.4, -0.2) is 34.6 Å². The summed E-state index contributed by atoms with van der Waals surface area (Å²) in [5, 5.41) is 11.4. The van der Waals surface area contributed by atoms with Crippen LogP contribution in [0.25, 0.3) is 28.1 Å². The number of benzene rings is 2. The van der Waals surface area contributed by atoms with Gasteiger partial charge in [-0.05, 0) is 43.5 Å². The van der Waals surface area contributed by atoms with Crippen molar-refractivity contribution in [3.63, 3.8) is 0 Å². The zero-order valence-corrected chi connectivity index (χ0v) is 18.5. The Labute approximate surface area is 191 Å². The fraction of sp³-hybridized carbons (Fsp3) is 0.296. The van der Waals surface area contributed by atoms with Crippen molar-refractivity contribution in [3.8, 4) is 11.1 Å². The van der Waals surface area contributed by atoms with Gasteiger partial charge in [-0.25, -0.2) is 4.39 Å². The fourth-order valence-electron chi connectivity index (χ4n) is 3.96. The number of halogens is 1. The summed E-state index contributed by atoms with van der Waals surface area (Å²) < 4.78 is 18.4. The predicted octanol–water partition coefficient (Wildman–Crippen LogP) is 5.20. The Morgan fingerprint density at radius 1 is 1.18 bits per heavy atom. The van der Waals surface area contributed by atoms with Crippen molar-refractivity contribution in [2.24, 2.45) is 0 Å². The first kappa shape index (κ1) is 22.8. The number of hydrogen-bond donors (Lipinski definition) is 1. The number of pyridine rings is 1. The molecule has 0 aliphatic heterocycles. The van der Waals surface area contributed by atoms with Crippen molar-refractivity contribution in [2.75, 3.05) is 6.61 Å². The highest BCUT2D eigenvalue weighted by atomic mass is 19.1. The second-order valence-electron chi connectivity index (χ2n) is 8.24. The molecule has 0 amide bonds. The second kappa shape index (κ2) is 10.0. The van der Waals surface area contributed by atoms with E-state index in [1.54, 1.807) is 31.2 Å². The van der Waals surface area contributed by atoms with Gasteiger partial charge in [-0.1, -0.05) is 42.5 Å². The van der Waals surface area contributed by atoms with Crippen LogP contribution in [0.4, 0.5) is 4.39 Å². The molecule has 1 aliphatic carbocycles. The normalized spacial score (nSPS) is 14.5. The van der Waals surface area contributed by atoms with E-state index in [2.05, 4.69) is 0 Å². The van der Waals surface area contributed by atoms with Crippen molar-refractivity contribution < 1.29 is 23.8 Å². The Morgan fingerprint density at radius 3 is 2.61 bits per heavy atom. The van der Waals surface area contributed by atoms with Crippen LogP contribution < -0.4 is 0 Å². The molecule has 4 rings (SSSR count). The van der Waals surface area contributed by atoms with Crippen LogP contribution in [0.2, 0.25) is 0 Å². The van der Waals surface area contributed by atoms with Gasteiger partial charge in [0, 0.05) is 28.9 Å². The summed E-state index contributed by atoms with van der Waals surface area (Å²) in [6.45, 7) is 1.88. The minimum atomic E-state index is -1.05. The monoisotopic (exact) mass is 447 g/mol. The zero-order chi connectivity index (χ0) is 23.4. The summed E-state index contributed by atoms with van der Waals surface area (Å²) in [5.74, 6) is -0.960. The molecule has 33 heavy (non-hydrogen) atoms. The third-order valence-electron chi connectivity index (χ3n) is 5.63. The maximum Gasteiger partial charge on any atom is 0.313 e. The van der Waals surface area contributed by atoms with Gasteiger partial charge in [0.05, 0.1) is 23.9 Å². The number of aliphatic hydroxyl groups excluding tert-OH is 1. The summed E-state index contributed by atoms with van der Waals surface area (Å²) in [5.41, 5.74) is 4.43. The molecule has 1 fully saturated rings. The van der Waals surface area contributed by atoms with Gasteiger partial charge in [-0.3, -0.25) is 14.6 Å². The van der Waals surface area contributed by atoms with Crippen molar-refractivity contribution in [2.45, 2.75) is 44.6 Å². The zero-order valence-electron chi connectivity index (χ0n) is 18.5. The van der Waals surface area contributed by atoms with E-state index < -0.39 is 12.1 Å². The molecule has 2 aromatic carbocycles. The largest absolute Gasteiger partial charge is 0.466 e. The molecular formula is C27H26FNO4. The molecule has 5 nitrogen and oxygen atoms in total. The number of rotatable bonds is 9. The first-order valence-corrected chi connectivity index (χ1v) is 11.2. The molecule has 0 bridgehead atoms. The lowest BCUT2D eigenvalue weighted by Crippen LogP contribution is -2.16. The average Bonchev–Trinajstić information content (AvgIpc) is 3.63. The van der Waals surface area contributed by atoms with Crippen LogP contribution in [0.1, 0.15) is 49.8 Å². The van der Waals surface area contributed by atoms with Gasteiger partial charge in [-0.15, -0.1) is 0 Å². The van der Waals surface area contributed by atoms with Gasteiger partial charge < -0.3 is 9.84 Å². The van der Waals surface area contributed by atoms with Gasteiger partial charge in [0.2, 0.25) is 0 Å². The van der Waals surface area contributed by atoms with Gasteiger partial charge in [0.1, 0.15) is 18.0 Å². The maximum atomic E-state index is 13.6. The highest BCUT2D eigenvalue weighted by Crippen LogP contribution is 2.45. The highest BCUT2D eigenvalue weighted by Gasteiger charge is 2.29. The third kappa shape index (κ3) is 5.52. The Balaban J connectivity index is 1.71. The molecule has 6 heteroatoms. The van der Waals surface area contributed by atoms with Gasteiger partial charge in [-0.2, -0.15) is 0 Å². The number of fused-ring (bicyclic) bond motifs is 1. The standard InChI is InChI=1S/C27H26FNO4/c1-2-33-25(32)16-21(31)15-20(30)13-14-23-26(17-9-11-19(28)12-10-17)22-5-3-4-6-24(22)29-27(23)18-7-8-18/h3-6,9-14,18,20,30H,2,7-8,15-16H2,1H3/b14-13-/t20-/m1/s1. The van der Waals surface area contributed by atoms with E-state index >= 15 is 0 Å². The number of aromatic nitrogens is 1. The lowest BCUT2D eigenvalue weighted by molar-refractivity contribution is -0.145. The van der Waals surface area contributed by atoms with Crippen molar-refractivity contribution in [3.05, 3.63) is 71.7 Å². The Kier molecular flexibility index (Phi) is 6.94. The molecule has 0 unspecified atom stereocenters. The minimum Gasteiger partial charge on any atom is -0.466 e. The molecule has 170 valence electrons. The number of esters is 1. The highest BCUT2D eigenvalue weighted by molar-refractivity contribution is 5.99. The topological polar surface area (TPSA) is 76.5 Å². The Morgan fingerprint density at radius 2 is 1.91 bits per heavy atom. The van der Waals surface area contributed by atoms with E-state index in [-0.39, 0.29) is 31.0 Å². The third-order valence-corrected chi connectivity index (χ3v) is 5.63. The molecule has 1 N–H and O–H groups in total. The number of para-hydroxylation sites is 1. The first-order chi connectivity index (χ1) is 16.0. The number of ketones is 1. The summed E-state index contributed by atoms with van der Waals surface area (Å²) in [6.07, 6.45) is 3.85. The lowest BCUT2D eigenvalue weighted by Gasteiger charge is -2.16. The molecule has 1 heterocycles. The molecule has 3 aromatic rings. The van der Waals surface area contributed by atoms with Crippen molar-refractivity contribution in [1.29, 1.82) is 0 Å². The Hall–Kier alpha value is -3.38. The van der Waals surface area contributed by atoms with E-state index in [9.17, 15) is 19.1 Å². The number of carbonyl (C=O) groups is 2. The molecule has 1 atom stereocenters. The van der Waals surface area contributed by atoms with Crippen LogP contribution in [0.15, 0.2) is 54.6 Å². The first-order valence-electron chi connectivity index (χ1n) is 11.2. The molecule has 0 radical (unpaired) electrons. The van der Waals surface area contributed by atoms with Gasteiger partial charge >= 0.3 is 5.97 Å². The quantitative estimate of drug-likeness (QED) is 0.360. The summed E-state index contributed by atoms with van der Waals surface area (Å²) in [6, 6.07) is 14.2. The minimum absolute atomic E-state index is 0.180. The van der Waals surface area contributed by atoms with E-state index in [1.165, 1.54) is 12.1 Å². The second-order valence-corrected chi connectivity index (χ2v) is 8.24. The summed E-state index contributed by atoms with van der Waals surface area (Å²) in [7, 11) is 0. The maximum absolute atomic E-state index is 13.6. The van der Waals surface area contributed by atoms with E-state index in [0.717, 1.165) is 46.1 Å². The van der Waals surface area contributed by atoms with Gasteiger partial charge in [0.15, 0.2) is 0 Å². The molecule has 1 aromatic heterocycles. The molecule has 1 aliphatic rings. The lowest BCUT2D eigenvalue weighted by atomic mass is 9.92. The Bertz CT molecular complexity index is 1200. The fourth-order valence-corrected chi connectivity index (χ4v) is 3.96. The average molecular weight is 448 g/mol. The van der Waals surface area contributed by atoms with Crippen LogP contribution in [0, 0.1) is 5.82 Å². The van der Waals surface area contributed by atoms with E-state index in [0.29, 0.717) is 5.92 Å². The SMILES string of the molecule is CCOC(=O)CC(=O)C[C@H](O)/C=C\c1c(C2CC2)nc2ccccc2c1-c1ccc(F)cc1. The van der Waals surface area contributed by atoms with Crippen LogP contribution in [0.5, 0.6) is 0 Å². The number of Topliss-reactive ketones (excluding diaryl/α,β-unsaturated/α-hetero) is 1. The molecule has 0 spiro atoms. The molecule has 1 saturated carbocycles. The summed E-state index contributed by atoms with van der Waals surface area (Å²) >= 11 is 0. The predicted molar refractivity (Wildman–Crippen MR) is 125 cm³/mol. The van der Waals surface area contributed by atoms with Gasteiger partial charge in [0.25, 0.3) is 0 Å². The van der Waals surface area contributed by atoms with Crippen LogP contribution >= 0.6 is 0 Å². The van der Waals surface area contributed by atoms with E-state index in [4.69, 9.17) is 9.72 Å².